The molecule has 4 heteroatoms. The highest BCUT2D eigenvalue weighted by Gasteiger charge is 2.29. The number of nitrogens with two attached hydrogens (primary N) is 1. The maximum absolute atomic E-state index is 12.1. The van der Waals surface area contributed by atoms with Crippen LogP contribution in [0.1, 0.15) is 47.0 Å². The van der Waals surface area contributed by atoms with Crippen molar-refractivity contribution in [3.63, 3.8) is 0 Å². The van der Waals surface area contributed by atoms with Crippen molar-refractivity contribution in [1.82, 2.24) is 9.80 Å². The van der Waals surface area contributed by atoms with Crippen LogP contribution >= 0.6 is 0 Å². The van der Waals surface area contributed by atoms with Crippen LogP contribution in [0.5, 0.6) is 0 Å². The number of likely N-dealkylation sites (N-methyl/N-ethyl adjacent to an activating group) is 1. The van der Waals surface area contributed by atoms with Crippen LogP contribution in [0.25, 0.3) is 0 Å². The Morgan fingerprint density at radius 2 is 2.00 bits per heavy atom. The van der Waals surface area contributed by atoms with E-state index in [9.17, 15) is 4.79 Å². The summed E-state index contributed by atoms with van der Waals surface area (Å²) in [6.07, 6.45) is 2.45. The van der Waals surface area contributed by atoms with E-state index in [0.29, 0.717) is 12.5 Å². The van der Waals surface area contributed by atoms with E-state index < -0.39 is 0 Å². The van der Waals surface area contributed by atoms with Crippen molar-refractivity contribution in [2.45, 2.75) is 58.5 Å². The van der Waals surface area contributed by atoms with Crippen LogP contribution in [0.3, 0.4) is 0 Å². The first-order chi connectivity index (χ1) is 8.37. The van der Waals surface area contributed by atoms with Gasteiger partial charge in [-0.2, -0.15) is 0 Å². The summed E-state index contributed by atoms with van der Waals surface area (Å²) in [6.45, 7) is 12.3. The van der Waals surface area contributed by atoms with Crippen molar-refractivity contribution in [3.05, 3.63) is 0 Å². The Balaban J connectivity index is 2.39. The molecule has 0 aromatic heterocycles. The van der Waals surface area contributed by atoms with Gasteiger partial charge in [-0.3, -0.25) is 9.69 Å². The van der Waals surface area contributed by atoms with Gasteiger partial charge in [0.15, 0.2) is 0 Å². The predicted octanol–water partition coefficient (Wildman–Crippen LogP) is 1.45. The van der Waals surface area contributed by atoms with Crippen LogP contribution in [0, 0.1) is 0 Å². The summed E-state index contributed by atoms with van der Waals surface area (Å²) < 4.78 is 0. The van der Waals surface area contributed by atoms with Gasteiger partial charge in [0.2, 0.25) is 5.91 Å². The molecule has 2 N–H and O–H groups in total. The maximum atomic E-state index is 12.1. The summed E-state index contributed by atoms with van der Waals surface area (Å²) in [4.78, 5) is 16.5. The number of hydrogen-bond acceptors (Lipinski definition) is 3. The van der Waals surface area contributed by atoms with Crippen LogP contribution in [0.4, 0.5) is 0 Å². The highest BCUT2D eigenvalue weighted by Crippen LogP contribution is 2.18. The Hall–Kier alpha value is -0.610. The Bertz CT molecular complexity index is 269. The summed E-state index contributed by atoms with van der Waals surface area (Å²) in [7, 11) is 0. The van der Waals surface area contributed by atoms with Gasteiger partial charge < -0.3 is 10.6 Å². The number of likely N-dealkylation sites (tertiary alicyclic amines) is 1. The van der Waals surface area contributed by atoms with Gasteiger partial charge >= 0.3 is 0 Å². The van der Waals surface area contributed by atoms with E-state index in [0.717, 1.165) is 39.0 Å². The SMILES string of the molecule is CCN(CC)C1CCN(C(=O)CCC(C)(C)N)C1. The molecular weight excluding hydrogens is 226 g/mol. The Kier molecular flexibility index (Phi) is 5.60. The van der Waals surface area contributed by atoms with Gasteiger partial charge in [0.25, 0.3) is 0 Å². The zero-order chi connectivity index (χ0) is 13.8. The second-order valence-corrected chi connectivity index (χ2v) is 5.99. The van der Waals surface area contributed by atoms with E-state index in [-0.39, 0.29) is 11.4 Å². The van der Waals surface area contributed by atoms with Gasteiger partial charge in [0.05, 0.1) is 0 Å². The number of carbonyl (C=O) groups excluding carboxylic acids is 1. The van der Waals surface area contributed by atoms with Crippen molar-refractivity contribution in [2.75, 3.05) is 26.2 Å². The fourth-order valence-electron chi connectivity index (χ4n) is 2.59. The van der Waals surface area contributed by atoms with Crippen molar-refractivity contribution in [3.8, 4) is 0 Å². The second kappa shape index (κ2) is 6.53. The molecule has 1 amide bonds. The molecule has 1 fully saturated rings. The Morgan fingerprint density at radius 3 is 2.50 bits per heavy atom. The van der Waals surface area contributed by atoms with Crippen LogP contribution < -0.4 is 5.73 Å². The van der Waals surface area contributed by atoms with Crippen molar-refractivity contribution >= 4 is 5.91 Å². The zero-order valence-corrected chi connectivity index (χ0v) is 12.4. The van der Waals surface area contributed by atoms with Crippen LogP contribution in [-0.2, 0) is 4.79 Å². The van der Waals surface area contributed by atoms with Crippen LogP contribution in [0.2, 0.25) is 0 Å². The molecule has 0 aromatic carbocycles. The van der Waals surface area contributed by atoms with Crippen LogP contribution in [-0.4, -0.2) is 53.5 Å². The monoisotopic (exact) mass is 255 g/mol. The smallest absolute Gasteiger partial charge is 0.222 e. The topological polar surface area (TPSA) is 49.6 Å². The van der Waals surface area contributed by atoms with E-state index in [1.165, 1.54) is 0 Å². The first-order valence-electron chi connectivity index (χ1n) is 7.18. The van der Waals surface area contributed by atoms with Crippen molar-refractivity contribution in [2.24, 2.45) is 5.73 Å². The third-order valence-corrected chi connectivity index (χ3v) is 3.83. The highest BCUT2D eigenvalue weighted by molar-refractivity contribution is 5.76. The lowest BCUT2D eigenvalue weighted by molar-refractivity contribution is -0.130. The van der Waals surface area contributed by atoms with E-state index in [1.807, 2.05) is 18.7 Å². The largest absolute Gasteiger partial charge is 0.341 e. The molecule has 4 nitrogen and oxygen atoms in total. The number of amides is 1. The average molecular weight is 255 g/mol. The Labute approximate surface area is 111 Å². The number of carbonyl (C=O) groups is 1. The number of hydrogen-bond donors (Lipinski definition) is 1. The predicted molar refractivity (Wildman–Crippen MR) is 75.4 cm³/mol. The molecule has 0 aromatic rings. The van der Waals surface area contributed by atoms with E-state index >= 15 is 0 Å². The third-order valence-electron chi connectivity index (χ3n) is 3.83. The second-order valence-electron chi connectivity index (χ2n) is 5.99. The molecule has 1 heterocycles. The molecule has 0 radical (unpaired) electrons. The summed E-state index contributed by atoms with van der Waals surface area (Å²) in [5, 5.41) is 0. The minimum atomic E-state index is -0.242. The number of nitrogens with zero attached hydrogens (tertiary/aromatic N) is 2. The molecular formula is C14H29N3O. The van der Waals surface area contributed by atoms with Crippen molar-refractivity contribution < 1.29 is 4.79 Å². The van der Waals surface area contributed by atoms with Gasteiger partial charge in [0, 0.05) is 31.1 Å². The van der Waals surface area contributed by atoms with Crippen LogP contribution in [0.15, 0.2) is 0 Å². The molecule has 0 aliphatic carbocycles. The third kappa shape index (κ3) is 4.58. The fraction of sp³-hybridized carbons (Fsp3) is 0.929. The van der Waals surface area contributed by atoms with Crippen molar-refractivity contribution in [1.29, 1.82) is 0 Å². The molecule has 18 heavy (non-hydrogen) atoms. The summed E-state index contributed by atoms with van der Waals surface area (Å²) in [5.41, 5.74) is 5.68. The molecule has 0 bridgehead atoms. The lowest BCUT2D eigenvalue weighted by Gasteiger charge is -2.26. The maximum Gasteiger partial charge on any atom is 0.222 e. The van der Waals surface area contributed by atoms with E-state index in [2.05, 4.69) is 18.7 Å². The summed E-state index contributed by atoms with van der Waals surface area (Å²) in [6, 6.07) is 0.551. The minimum absolute atomic E-state index is 0.242. The molecule has 1 rings (SSSR count). The minimum Gasteiger partial charge on any atom is -0.341 e. The zero-order valence-electron chi connectivity index (χ0n) is 12.4. The van der Waals surface area contributed by atoms with Gasteiger partial charge in [-0.25, -0.2) is 0 Å². The fourth-order valence-corrected chi connectivity index (χ4v) is 2.59. The average Bonchev–Trinajstić information content (AvgIpc) is 2.76. The Morgan fingerprint density at radius 1 is 1.39 bits per heavy atom. The summed E-state index contributed by atoms with van der Waals surface area (Å²) >= 11 is 0. The van der Waals surface area contributed by atoms with Gasteiger partial charge in [-0.1, -0.05) is 13.8 Å². The lowest BCUT2D eigenvalue weighted by atomic mass is 10.00. The molecule has 0 spiro atoms. The first-order valence-corrected chi connectivity index (χ1v) is 7.18. The highest BCUT2D eigenvalue weighted by atomic mass is 16.2. The quantitative estimate of drug-likeness (QED) is 0.781. The molecule has 1 aliphatic heterocycles. The lowest BCUT2D eigenvalue weighted by Crippen LogP contribution is -2.39. The standard InChI is InChI=1S/C14H29N3O/c1-5-16(6-2)12-8-10-17(11-12)13(18)7-9-14(3,4)15/h12H,5-11,15H2,1-4H3. The van der Waals surface area contributed by atoms with E-state index in [4.69, 9.17) is 5.73 Å². The van der Waals surface area contributed by atoms with E-state index in [1.54, 1.807) is 0 Å². The van der Waals surface area contributed by atoms with Gasteiger partial charge in [0.1, 0.15) is 0 Å². The molecule has 1 aliphatic rings. The molecule has 0 saturated carbocycles. The normalized spacial score (nSPS) is 20.8. The molecule has 1 saturated heterocycles. The first kappa shape index (κ1) is 15.4. The molecule has 1 atom stereocenters. The number of rotatable bonds is 6. The van der Waals surface area contributed by atoms with Gasteiger partial charge in [-0.15, -0.1) is 0 Å². The summed E-state index contributed by atoms with van der Waals surface area (Å²) in [5.74, 6) is 0.267. The van der Waals surface area contributed by atoms with Gasteiger partial charge in [-0.05, 0) is 39.8 Å². The molecule has 106 valence electrons. The molecule has 1 unspecified atom stereocenters.